The number of benzene rings is 7. The van der Waals surface area contributed by atoms with Crippen molar-refractivity contribution in [3.8, 4) is 33.6 Å². The number of aromatic nitrogens is 3. The van der Waals surface area contributed by atoms with Crippen LogP contribution in [0.2, 0.25) is 0 Å². The monoisotopic (exact) mass is 651 g/mol. The summed E-state index contributed by atoms with van der Waals surface area (Å²) in [6.45, 7) is 0. The van der Waals surface area contributed by atoms with E-state index in [1.807, 2.05) is 24.5 Å². The Kier molecular flexibility index (Phi) is 5.92. The van der Waals surface area contributed by atoms with E-state index in [-0.39, 0.29) is 0 Å². The van der Waals surface area contributed by atoms with E-state index in [2.05, 4.69) is 166 Å². The molecule has 0 atom stereocenters. The van der Waals surface area contributed by atoms with Crippen molar-refractivity contribution >= 4 is 65.6 Å². The first-order valence-electron chi connectivity index (χ1n) is 17.3. The molecule has 0 fully saturated rings. The third kappa shape index (κ3) is 4.17. The van der Waals surface area contributed by atoms with E-state index < -0.39 is 0 Å². The molecular formula is C47H29N3O. The van der Waals surface area contributed by atoms with Gasteiger partial charge in [-0.1, -0.05) is 103 Å². The maximum Gasteiger partial charge on any atom is 0.159 e. The molecule has 4 aromatic heterocycles. The average molecular weight is 652 g/mol. The molecule has 4 heterocycles. The highest BCUT2D eigenvalue weighted by atomic mass is 16.3. The number of fused-ring (bicyclic) bond motifs is 9. The van der Waals surface area contributed by atoms with E-state index in [4.69, 9.17) is 4.42 Å². The number of pyridine rings is 1. The molecule has 4 heteroatoms. The predicted molar refractivity (Wildman–Crippen MR) is 211 cm³/mol. The van der Waals surface area contributed by atoms with Crippen molar-refractivity contribution in [3.05, 3.63) is 176 Å². The van der Waals surface area contributed by atoms with Gasteiger partial charge >= 0.3 is 0 Å². The van der Waals surface area contributed by atoms with Crippen LogP contribution in [0.1, 0.15) is 0 Å². The van der Waals surface area contributed by atoms with Gasteiger partial charge in [-0.15, -0.1) is 0 Å². The Bertz CT molecular complexity index is 3130. The number of nitrogens with zero attached hydrogens (tertiary/aromatic N) is 3. The summed E-state index contributed by atoms with van der Waals surface area (Å²) in [5.41, 5.74) is 13.3. The fourth-order valence-electron chi connectivity index (χ4n) is 8.08. The van der Waals surface area contributed by atoms with E-state index >= 15 is 0 Å². The van der Waals surface area contributed by atoms with Gasteiger partial charge in [-0.25, -0.2) is 0 Å². The molecule has 0 radical (unpaired) electrons. The highest BCUT2D eigenvalue weighted by Crippen LogP contribution is 2.40. The van der Waals surface area contributed by atoms with E-state index in [9.17, 15) is 0 Å². The molecule has 0 spiro atoms. The van der Waals surface area contributed by atoms with Gasteiger partial charge in [0.25, 0.3) is 0 Å². The van der Waals surface area contributed by atoms with Crippen LogP contribution in [0.3, 0.4) is 0 Å². The fourth-order valence-corrected chi connectivity index (χ4v) is 8.08. The van der Waals surface area contributed by atoms with Gasteiger partial charge in [-0.05, 0) is 82.9 Å². The molecule has 0 aliphatic carbocycles. The lowest BCUT2D eigenvalue weighted by Crippen LogP contribution is -1.94. The fraction of sp³-hybridized carbons (Fsp3) is 0. The van der Waals surface area contributed by atoms with Crippen LogP contribution in [0.4, 0.5) is 0 Å². The van der Waals surface area contributed by atoms with Crippen LogP contribution in [-0.2, 0) is 0 Å². The van der Waals surface area contributed by atoms with Gasteiger partial charge in [-0.3, -0.25) is 4.98 Å². The highest BCUT2D eigenvalue weighted by molar-refractivity contribution is 6.14. The van der Waals surface area contributed by atoms with Crippen molar-refractivity contribution in [1.82, 2.24) is 14.1 Å². The highest BCUT2D eigenvalue weighted by Gasteiger charge is 2.19. The normalized spacial score (nSPS) is 11.9. The van der Waals surface area contributed by atoms with E-state index in [1.54, 1.807) is 0 Å². The third-order valence-electron chi connectivity index (χ3n) is 10.4. The second-order valence-corrected chi connectivity index (χ2v) is 13.2. The molecule has 0 unspecified atom stereocenters. The summed E-state index contributed by atoms with van der Waals surface area (Å²) in [5, 5.41) is 7.04. The molecule has 11 rings (SSSR count). The molecule has 51 heavy (non-hydrogen) atoms. The molecule has 4 nitrogen and oxygen atoms in total. The van der Waals surface area contributed by atoms with Gasteiger partial charge in [0.15, 0.2) is 5.58 Å². The minimum Gasteiger partial charge on any atom is -0.454 e. The van der Waals surface area contributed by atoms with Crippen molar-refractivity contribution in [2.75, 3.05) is 0 Å². The van der Waals surface area contributed by atoms with Crippen molar-refractivity contribution in [2.45, 2.75) is 0 Å². The average Bonchev–Trinajstić information content (AvgIpc) is 3.86. The third-order valence-corrected chi connectivity index (χ3v) is 10.4. The number of hydrogen-bond acceptors (Lipinski definition) is 2. The summed E-state index contributed by atoms with van der Waals surface area (Å²) in [7, 11) is 0. The van der Waals surface area contributed by atoms with E-state index in [0.29, 0.717) is 0 Å². The van der Waals surface area contributed by atoms with E-state index in [1.165, 1.54) is 49.4 Å². The maximum absolute atomic E-state index is 6.49. The molecule has 0 aliphatic heterocycles. The topological polar surface area (TPSA) is 35.9 Å². The first-order chi connectivity index (χ1) is 25.3. The molecular weight excluding hydrogens is 623 g/mol. The summed E-state index contributed by atoms with van der Waals surface area (Å²) < 4.78 is 11.2. The Hall–Kier alpha value is -6.91. The quantitative estimate of drug-likeness (QED) is 0.190. The van der Waals surface area contributed by atoms with Crippen LogP contribution in [0.25, 0.3) is 99.2 Å². The molecule has 0 amide bonds. The zero-order chi connectivity index (χ0) is 33.5. The molecule has 0 bridgehead atoms. The Morgan fingerprint density at radius 1 is 0.392 bits per heavy atom. The van der Waals surface area contributed by atoms with Gasteiger partial charge in [0.1, 0.15) is 5.58 Å². The van der Waals surface area contributed by atoms with E-state index in [0.717, 1.165) is 49.7 Å². The van der Waals surface area contributed by atoms with Crippen molar-refractivity contribution < 1.29 is 4.42 Å². The van der Waals surface area contributed by atoms with Crippen LogP contribution < -0.4 is 0 Å². The van der Waals surface area contributed by atoms with Crippen LogP contribution in [0.15, 0.2) is 181 Å². The first kappa shape index (κ1) is 28.0. The number of para-hydroxylation sites is 3. The van der Waals surface area contributed by atoms with Crippen LogP contribution >= 0.6 is 0 Å². The maximum atomic E-state index is 6.49. The van der Waals surface area contributed by atoms with Crippen LogP contribution in [0, 0.1) is 0 Å². The summed E-state index contributed by atoms with van der Waals surface area (Å²) in [6, 6.07) is 58.6. The van der Waals surface area contributed by atoms with Crippen LogP contribution in [0.5, 0.6) is 0 Å². The molecule has 0 N–H and O–H groups in total. The van der Waals surface area contributed by atoms with Gasteiger partial charge in [0, 0.05) is 44.2 Å². The summed E-state index contributed by atoms with van der Waals surface area (Å²) >= 11 is 0. The molecule has 0 aliphatic rings. The number of hydrogen-bond donors (Lipinski definition) is 0. The molecule has 11 aromatic rings. The largest absolute Gasteiger partial charge is 0.454 e. The van der Waals surface area contributed by atoms with Crippen molar-refractivity contribution in [1.29, 1.82) is 0 Å². The lowest BCUT2D eigenvalue weighted by atomic mass is 10.0. The second kappa shape index (κ2) is 10.8. The predicted octanol–water partition coefficient (Wildman–Crippen LogP) is 12.5. The van der Waals surface area contributed by atoms with Gasteiger partial charge < -0.3 is 13.6 Å². The smallest absolute Gasteiger partial charge is 0.159 e. The van der Waals surface area contributed by atoms with Gasteiger partial charge in [0.05, 0.1) is 34.0 Å². The van der Waals surface area contributed by atoms with Crippen LogP contribution in [-0.4, -0.2) is 14.1 Å². The molecule has 0 saturated heterocycles. The Morgan fingerprint density at radius 2 is 1.00 bits per heavy atom. The SMILES string of the molecule is c1ccc(-c2ccc(-n3c4ccccc4c4cc(-c5ccc6c(c5)c5ccncc5n6-c5cccc6c5oc5ccccc56)ccc43)cc2)cc1. The lowest BCUT2D eigenvalue weighted by molar-refractivity contribution is 0.666. The minimum atomic E-state index is 0.877. The molecule has 7 aromatic carbocycles. The first-order valence-corrected chi connectivity index (χ1v) is 17.3. The Balaban J connectivity index is 1.07. The van der Waals surface area contributed by atoms with Gasteiger partial charge in [-0.2, -0.15) is 0 Å². The Morgan fingerprint density at radius 3 is 1.80 bits per heavy atom. The summed E-state index contributed by atoms with van der Waals surface area (Å²) in [5.74, 6) is 0. The lowest BCUT2D eigenvalue weighted by Gasteiger charge is -2.10. The van der Waals surface area contributed by atoms with Crippen molar-refractivity contribution in [2.24, 2.45) is 0 Å². The zero-order valence-corrected chi connectivity index (χ0v) is 27.5. The number of rotatable bonds is 4. The van der Waals surface area contributed by atoms with Crippen molar-refractivity contribution in [3.63, 3.8) is 0 Å². The summed E-state index contributed by atoms with van der Waals surface area (Å²) in [6.07, 6.45) is 3.84. The summed E-state index contributed by atoms with van der Waals surface area (Å²) in [4.78, 5) is 4.55. The second-order valence-electron chi connectivity index (χ2n) is 13.2. The zero-order valence-electron chi connectivity index (χ0n) is 27.5. The standard InChI is InChI=1S/C47H29N3O/c1-2-9-30(10-3-1)31-17-21-34(22-18-31)49-41-14-6-4-11-35(41)39-27-32(19-23-42(39)49)33-20-24-43-40(28-33)36-25-26-48-29-45(36)50(43)44-15-8-13-38-37-12-5-7-16-46(37)51-47(38)44/h1-29H. The molecule has 0 saturated carbocycles. The number of furan rings is 1. The Labute approximate surface area is 293 Å². The molecule has 238 valence electrons. The minimum absolute atomic E-state index is 0.877. The van der Waals surface area contributed by atoms with Gasteiger partial charge in [0.2, 0.25) is 0 Å².